The normalized spacial score (nSPS) is 21.4. The van der Waals surface area contributed by atoms with Gasteiger partial charge in [-0.3, -0.25) is 9.36 Å². The average Bonchev–Trinajstić information content (AvgIpc) is 3.08. The van der Waals surface area contributed by atoms with Gasteiger partial charge < -0.3 is 20.8 Å². The Kier molecular flexibility index (Phi) is 3.59. The number of amides is 1. The van der Waals surface area contributed by atoms with Crippen LogP contribution in [0.3, 0.4) is 0 Å². The van der Waals surface area contributed by atoms with E-state index in [-0.39, 0.29) is 23.6 Å². The first kappa shape index (κ1) is 13.6. The highest BCUT2D eigenvalue weighted by Gasteiger charge is 2.31. The topological polar surface area (TPSA) is 102 Å². The number of anilines is 1. The van der Waals surface area contributed by atoms with Crippen LogP contribution in [0.25, 0.3) is 5.69 Å². The van der Waals surface area contributed by atoms with Crippen LogP contribution in [0.5, 0.6) is 0 Å². The molecule has 0 bridgehead atoms. The SMILES string of the molecule is NC1COCC1C(=O)Nc1ccc(-n2cc[nH]c2=O)cc1. The van der Waals surface area contributed by atoms with Gasteiger partial charge in [-0.05, 0) is 24.3 Å². The van der Waals surface area contributed by atoms with Gasteiger partial charge in [0, 0.05) is 24.1 Å². The molecule has 1 fully saturated rings. The van der Waals surface area contributed by atoms with Crippen LogP contribution in [0.4, 0.5) is 5.69 Å². The van der Waals surface area contributed by atoms with Crippen LogP contribution in [0.2, 0.25) is 0 Å². The number of carbonyl (C=O) groups excluding carboxylic acids is 1. The van der Waals surface area contributed by atoms with Crippen LogP contribution >= 0.6 is 0 Å². The van der Waals surface area contributed by atoms with Crippen molar-refractivity contribution in [2.75, 3.05) is 18.5 Å². The number of nitrogens with zero attached hydrogens (tertiary/aromatic N) is 1. The van der Waals surface area contributed by atoms with E-state index >= 15 is 0 Å². The number of imidazole rings is 1. The lowest BCUT2D eigenvalue weighted by atomic mass is 10.0. The number of carbonyl (C=O) groups is 1. The van der Waals surface area contributed by atoms with E-state index in [1.165, 1.54) is 4.57 Å². The maximum Gasteiger partial charge on any atom is 0.330 e. The second-order valence-electron chi connectivity index (χ2n) is 4.98. The number of hydrogen-bond acceptors (Lipinski definition) is 4. The fraction of sp³-hybridized carbons (Fsp3) is 0.286. The highest BCUT2D eigenvalue weighted by Crippen LogP contribution is 2.16. The molecule has 0 spiro atoms. The maximum atomic E-state index is 12.1. The summed E-state index contributed by atoms with van der Waals surface area (Å²) in [5.41, 5.74) is 6.98. The van der Waals surface area contributed by atoms with Gasteiger partial charge in [-0.1, -0.05) is 0 Å². The first-order valence-electron chi connectivity index (χ1n) is 6.66. The van der Waals surface area contributed by atoms with Gasteiger partial charge >= 0.3 is 5.69 Å². The minimum absolute atomic E-state index is 0.147. The molecule has 1 saturated heterocycles. The van der Waals surface area contributed by atoms with Crippen molar-refractivity contribution in [1.29, 1.82) is 0 Å². The summed E-state index contributed by atoms with van der Waals surface area (Å²) >= 11 is 0. The predicted octanol–water partition coefficient (Wildman–Crippen LogP) is 0.0778. The Morgan fingerprint density at radius 1 is 1.33 bits per heavy atom. The van der Waals surface area contributed by atoms with E-state index in [1.54, 1.807) is 36.7 Å². The fourth-order valence-corrected chi connectivity index (χ4v) is 2.30. The molecule has 2 atom stereocenters. The Morgan fingerprint density at radius 2 is 2.10 bits per heavy atom. The lowest BCUT2D eigenvalue weighted by Gasteiger charge is -2.13. The number of rotatable bonds is 3. The molecule has 0 aliphatic carbocycles. The largest absolute Gasteiger partial charge is 0.379 e. The molecular weight excluding hydrogens is 272 g/mol. The zero-order chi connectivity index (χ0) is 14.8. The summed E-state index contributed by atoms with van der Waals surface area (Å²) < 4.78 is 6.66. The number of nitrogens with two attached hydrogens (primary N) is 1. The minimum atomic E-state index is -0.322. The third-order valence-electron chi connectivity index (χ3n) is 3.52. The summed E-state index contributed by atoms with van der Waals surface area (Å²) in [7, 11) is 0. The molecule has 4 N–H and O–H groups in total. The summed E-state index contributed by atoms with van der Waals surface area (Å²) in [6, 6.07) is 6.75. The molecule has 1 aliphatic heterocycles. The van der Waals surface area contributed by atoms with Gasteiger partial charge in [0.1, 0.15) is 0 Å². The van der Waals surface area contributed by atoms with Crippen molar-refractivity contribution in [3.63, 3.8) is 0 Å². The van der Waals surface area contributed by atoms with Crippen LogP contribution in [-0.4, -0.2) is 34.7 Å². The Balaban J connectivity index is 1.71. The molecule has 2 aromatic rings. The zero-order valence-electron chi connectivity index (χ0n) is 11.3. The lowest BCUT2D eigenvalue weighted by Crippen LogP contribution is -2.37. The monoisotopic (exact) mass is 288 g/mol. The number of benzene rings is 1. The number of H-pyrrole nitrogens is 1. The third kappa shape index (κ3) is 2.74. The molecule has 7 nitrogen and oxygen atoms in total. The van der Waals surface area contributed by atoms with Crippen molar-refractivity contribution in [2.24, 2.45) is 11.7 Å². The van der Waals surface area contributed by atoms with E-state index in [4.69, 9.17) is 10.5 Å². The summed E-state index contributed by atoms with van der Waals surface area (Å²) in [6.45, 7) is 0.761. The first-order chi connectivity index (χ1) is 10.1. The second-order valence-corrected chi connectivity index (χ2v) is 4.98. The number of hydrogen-bond donors (Lipinski definition) is 3. The Bertz CT molecular complexity index is 689. The molecule has 21 heavy (non-hydrogen) atoms. The Hall–Kier alpha value is -2.38. The molecule has 1 aromatic heterocycles. The van der Waals surface area contributed by atoms with Gasteiger partial charge in [-0.15, -0.1) is 0 Å². The molecule has 1 amide bonds. The smallest absolute Gasteiger partial charge is 0.330 e. The van der Waals surface area contributed by atoms with Gasteiger partial charge in [0.2, 0.25) is 5.91 Å². The van der Waals surface area contributed by atoms with E-state index in [9.17, 15) is 9.59 Å². The van der Waals surface area contributed by atoms with Crippen LogP contribution in [0.1, 0.15) is 0 Å². The van der Waals surface area contributed by atoms with Gasteiger partial charge in [-0.2, -0.15) is 0 Å². The van der Waals surface area contributed by atoms with Gasteiger partial charge in [0.25, 0.3) is 0 Å². The van der Waals surface area contributed by atoms with Crippen molar-refractivity contribution >= 4 is 11.6 Å². The summed E-state index contributed by atoms with van der Waals surface area (Å²) in [5.74, 6) is -0.469. The zero-order valence-corrected chi connectivity index (χ0v) is 11.3. The average molecular weight is 288 g/mol. The number of ether oxygens (including phenoxy) is 1. The van der Waals surface area contributed by atoms with E-state index < -0.39 is 0 Å². The molecule has 1 aromatic carbocycles. The number of nitrogens with one attached hydrogen (secondary N) is 2. The Morgan fingerprint density at radius 3 is 2.67 bits per heavy atom. The summed E-state index contributed by atoms with van der Waals surface area (Å²) in [6.07, 6.45) is 3.21. The second kappa shape index (κ2) is 5.55. The van der Waals surface area contributed by atoms with Crippen LogP contribution in [0.15, 0.2) is 41.5 Å². The highest BCUT2D eigenvalue weighted by molar-refractivity contribution is 5.93. The molecule has 0 radical (unpaired) electrons. The minimum Gasteiger partial charge on any atom is -0.379 e. The molecule has 7 heteroatoms. The van der Waals surface area contributed by atoms with Crippen molar-refractivity contribution in [3.8, 4) is 5.69 Å². The summed E-state index contributed by atoms with van der Waals surface area (Å²) in [4.78, 5) is 26.1. The lowest BCUT2D eigenvalue weighted by molar-refractivity contribution is -0.120. The van der Waals surface area contributed by atoms with E-state index in [2.05, 4.69) is 10.3 Å². The molecular formula is C14H16N4O3. The summed E-state index contributed by atoms with van der Waals surface area (Å²) in [5, 5.41) is 2.81. The van der Waals surface area contributed by atoms with E-state index in [0.717, 1.165) is 5.69 Å². The molecule has 2 unspecified atom stereocenters. The molecule has 1 aliphatic rings. The van der Waals surface area contributed by atoms with E-state index in [1.807, 2.05) is 0 Å². The van der Waals surface area contributed by atoms with E-state index in [0.29, 0.717) is 18.9 Å². The van der Waals surface area contributed by atoms with Crippen molar-refractivity contribution < 1.29 is 9.53 Å². The molecule has 3 rings (SSSR count). The van der Waals surface area contributed by atoms with Crippen molar-refractivity contribution in [1.82, 2.24) is 9.55 Å². The molecule has 0 saturated carbocycles. The van der Waals surface area contributed by atoms with Crippen molar-refractivity contribution in [2.45, 2.75) is 6.04 Å². The fourth-order valence-electron chi connectivity index (χ4n) is 2.30. The van der Waals surface area contributed by atoms with Gasteiger partial charge in [0.15, 0.2) is 0 Å². The van der Waals surface area contributed by atoms with Crippen LogP contribution in [-0.2, 0) is 9.53 Å². The highest BCUT2D eigenvalue weighted by atomic mass is 16.5. The first-order valence-corrected chi connectivity index (χ1v) is 6.66. The van der Waals surface area contributed by atoms with Crippen molar-refractivity contribution in [3.05, 3.63) is 47.1 Å². The van der Waals surface area contributed by atoms with Gasteiger partial charge in [-0.25, -0.2) is 4.79 Å². The van der Waals surface area contributed by atoms with Crippen LogP contribution < -0.4 is 16.7 Å². The standard InChI is InChI=1S/C14H16N4O3/c15-12-8-21-7-11(12)13(19)17-9-1-3-10(4-2-9)18-6-5-16-14(18)20/h1-6,11-12H,7-8,15H2,(H,16,20)(H,17,19). The maximum absolute atomic E-state index is 12.1. The Labute approximate surface area is 120 Å². The molecule has 110 valence electrons. The number of aromatic amines is 1. The molecule has 2 heterocycles. The predicted molar refractivity (Wildman–Crippen MR) is 77.3 cm³/mol. The number of aromatic nitrogens is 2. The van der Waals surface area contributed by atoms with Gasteiger partial charge in [0.05, 0.1) is 24.8 Å². The quantitative estimate of drug-likeness (QED) is 0.744. The third-order valence-corrected chi connectivity index (χ3v) is 3.52. The van der Waals surface area contributed by atoms with Crippen LogP contribution in [0, 0.1) is 5.92 Å².